The van der Waals surface area contributed by atoms with E-state index in [1.165, 1.54) is 34.5 Å². The van der Waals surface area contributed by atoms with Crippen molar-refractivity contribution in [2.24, 2.45) is 5.92 Å². The van der Waals surface area contributed by atoms with Crippen molar-refractivity contribution in [3.63, 3.8) is 0 Å². The Morgan fingerprint density at radius 2 is 2.20 bits per heavy atom. The van der Waals surface area contributed by atoms with Crippen LogP contribution in [0.4, 0.5) is 4.39 Å². The van der Waals surface area contributed by atoms with Crippen LogP contribution in [0.5, 0.6) is 5.75 Å². The van der Waals surface area contributed by atoms with E-state index < -0.39 is 0 Å². The molecule has 1 aromatic rings. The van der Waals surface area contributed by atoms with E-state index in [9.17, 15) is 4.39 Å². The Balaban J connectivity index is 0.000000921. The Hall–Kier alpha value is 0.0534. The van der Waals surface area contributed by atoms with E-state index in [2.05, 4.69) is 33.5 Å². The van der Waals surface area contributed by atoms with Crippen LogP contribution >= 0.6 is 13.6 Å². The first-order valence-electron chi connectivity index (χ1n) is 4.75. The molecular formula is C11H14BrFOZn. The van der Waals surface area contributed by atoms with Crippen LogP contribution in [-0.2, 0) is 16.3 Å². The summed E-state index contributed by atoms with van der Waals surface area (Å²) in [6, 6.07) is 7.18. The van der Waals surface area contributed by atoms with Gasteiger partial charge in [-0.1, -0.05) is 13.8 Å². The van der Waals surface area contributed by atoms with Gasteiger partial charge in [-0.15, -0.1) is 12.1 Å². The van der Waals surface area contributed by atoms with E-state index in [-0.39, 0.29) is 5.82 Å². The van der Waals surface area contributed by atoms with Gasteiger partial charge in [0.1, 0.15) is 0 Å². The Morgan fingerprint density at radius 1 is 1.53 bits per heavy atom. The molecule has 4 heteroatoms. The van der Waals surface area contributed by atoms with Gasteiger partial charge in [-0.25, -0.2) is 4.39 Å². The van der Waals surface area contributed by atoms with Gasteiger partial charge in [-0.3, -0.25) is 0 Å². The quantitative estimate of drug-likeness (QED) is 0.602. The zero-order chi connectivity index (χ0) is 11.7. The van der Waals surface area contributed by atoms with Crippen molar-refractivity contribution in [1.29, 1.82) is 0 Å². The standard InChI is InChI=1S/C11H14FO.BrH.Zn/c1-9(2)7-8-13-11-6-4-3-5-10(11)12;;/h3,5-6,9H,7-8H2,1-2H3;1H;/q-1;;+2/p-1. The molecular weight excluding hydrogens is 312 g/mol. The molecule has 0 bridgehead atoms. The molecule has 0 aliphatic rings. The van der Waals surface area contributed by atoms with Crippen LogP contribution in [0.25, 0.3) is 0 Å². The predicted molar refractivity (Wildman–Crippen MR) is 59.1 cm³/mol. The third-order valence-electron chi connectivity index (χ3n) is 1.73. The predicted octanol–water partition coefficient (Wildman–Crippen LogP) is 3.89. The Bertz CT molecular complexity index is 269. The fraction of sp³-hybridized carbons (Fsp3) is 0.455. The van der Waals surface area contributed by atoms with Crippen LogP contribution in [-0.4, -0.2) is 6.61 Å². The second kappa shape index (κ2) is 9.29. The van der Waals surface area contributed by atoms with Gasteiger partial charge in [0.15, 0.2) is 0 Å². The second-order valence-corrected chi connectivity index (χ2v) is 3.39. The van der Waals surface area contributed by atoms with Crippen LogP contribution in [0.15, 0.2) is 18.2 Å². The minimum atomic E-state index is -0.317. The van der Waals surface area contributed by atoms with Gasteiger partial charge in [-0.2, -0.15) is 12.1 Å². The van der Waals surface area contributed by atoms with Gasteiger partial charge in [-0.05, 0) is 12.3 Å². The minimum absolute atomic E-state index is 0.295. The normalized spacial score (nSPS) is 9.53. The van der Waals surface area contributed by atoms with Crippen molar-refractivity contribution in [2.45, 2.75) is 20.3 Å². The van der Waals surface area contributed by atoms with Crippen LogP contribution in [0, 0.1) is 17.8 Å². The Kier molecular flexibility index (Phi) is 9.32. The van der Waals surface area contributed by atoms with E-state index in [4.69, 9.17) is 4.74 Å². The Morgan fingerprint density at radius 3 is 2.73 bits per heavy atom. The maximum atomic E-state index is 13.0. The summed E-state index contributed by atoms with van der Waals surface area (Å²) in [5.41, 5.74) is 0. The summed E-state index contributed by atoms with van der Waals surface area (Å²) < 4.78 is 18.2. The molecule has 0 atom stereocenters. The van der Waals surface area contributed by atoms with Crippen molar-refractivity contribution in [3.8, 4) is 5.75 Å². The number of hydrogen-bond acceptors (Lipinski definition) is 1. The van der Waals surface area contributed by atoms with E-state index >= 15 is 0 Å². The maximum absolute atomic E-state index is 13.0. The molecule has 0 saturated carbocycles. The van der Waals surface area contributed by atoms with Crippen molar-refractivity contribution in [3.05, 3.63) is 30.1 Å². The summed E-state index contributed by atoms with van der Waals surface area (Å²) in [6.07, 6.45) is 0.939. The molecule has 0 saturated heterocycles. The molecule has 0 aromatic heterocycles. The van der Waals surface area contributed by atoms with E-state index in [1.54, 1.807) is 0 Å². The van der Waals surface area contributed by atoms with E-state index in [0.717, 1.165) is 6.42 Å². The van der Waals surface area contributed by atoms with Crippen molar-refractivity contribution in [1.82, 2.24) is 0 Å². The molecule has 1 rings (SSSR count). The van der Waals surface area contributed by atoms with Crippen molar-refractivity contribution >= 4 is 13.6 Å². The topological polar surface area (TPSA) is 9.23 Å². The van der Waals surface area contributed by atoms with Gasteiger partial charge in [0.05, 0.1) is 12.4 Å². The average Bonchev–Trinajstić information content (AvgIpc) is 2.23. The molecule has 1 aromatic carbocycles. The third kappa shape index (κ3) is 7.02. The Labute approximate surface area is 107 Å². The molecule has 15 heavy (non-hydrogen) atoms. The summed E-state index contributed by atoms with van der Waals surface area (Å²) in [5, 5.41) is 0. The number of rotatable bonds is 4. The summed E-state index contributed by atoms with van der Waals surface area (Å²) in [6.45, 7) is 4.78. The molecule has 0 aliphatic carbocycles. The number of benzene rings is 1. The summed E-state index contributed by atoms with van der Waals surface area (Å²) in [5.74, 6) is 0.557. The molecule has 0 N–H and O–H groups in total. The molecule has 0 heterocycles. The van der Waals surface area contributed by atoms with E-state index in [0.29, 0.717) is 18.3 Å². The number of halogens is 2. The van der Waals surface area contributed by atoms with Gasteiger partial charge in [0, 0.05) is 5.75 Å². The van der Waals surface area contributed by atoms with Gasteiger partial charge < -0.3 is 4.74 Å². The van der Waals surface area contributed by atoms with Gasteiger partial charge in [0.2, 0.25) is 0 Å². The fourth-order valence-electron chi connectivity index (χ4n) is 0.911. The van der Waals surface area contributed by atoms with Crippen LogP contribution in [0.2, 0.25) is 0 Å². The molecule has 80 valence electrons. The van der Waals surface area contributed by atoms with Crippen molar-refractivity contribution < 1.29 is 25.5 Å². The van der Waals surface area contributed by atoms with E-state index in [1.807, 2.05) is 0 Å². The third-order valence-corrected chi connectivity index (χ3v) is 1.73. The molecule has 0 amide bonds. The SMILES string of the molecule is CC(C)CCOc1c[c-]ccc1F.[Zn+][Br]. The molecule has 0 aliphatic heterocycles. The zero-order valence-corrected chi connectivity index (χ0v) is 13.6. The summed E-state index contributed by atoms with van der Waals surface area (Å²) in [7, 11) is 0. The second-order valence-electron chi connectivity index (χ2n) is 3.39. The summed E-state index contributed by atoms with van der Waals surface area (Å²) in [4.78, 5) is 0. The van der Waals surface area contributed by atoms with Crippen molar-refractivity contribution in [2.75, 3.05) is 6.61 Å². The van der Waals surface area contributed by atoms with Crippen LogP contribution < -0.4 is 4.74 Å². The fourth-order valence-corrected chi connectivity index (χ4v) is 0.911. The number of ether oxygens (including phenoxy) is 1. The zero-order valence-electron chi connectivity index (χ0n) is 9.09. The van der Waals surface area contributed by atoms with Gasteiger partial charge in [0.25, 0.3) is 0 Å². The molecule has 0 radical (unpaired) electrons. The first-order valence-corrected chi connectivity index (χ1v) is 11.7. The summed E-state index contributed by atoms with van der Waals surface area (Å²) >= 11 is 4.25. The molecule has 1 nitrogen and oxygen atoms in total. The first kappa shape index (κ1) is 15.1. The molecule has 0 spiro atoms. The molecule has 0 unspecified atom stereocenters. The monoisotopic (exact) mass is 324 g/mol. The number of hydrogen-bond donors (Lipinski definition) is 0. The van der Waals surface area contributed by atoms with Crippen LogP contribution in [0.3, 0.4) is 0 Å². The molecule has 0 fully saturated rings. The first-order chi connectivity index (χ1) is 7.20. The van der Waals surface area contributed by atoms with Crippen LogP contribution in [0.1, 0.15) is 20.3 Å². The van der Waals surface area contributed by atoms with Gasteiger partial charge >= 0.3 is 30.0 Å². The average molecular weight is 327 g/mol.